The van der Waals surface area contributed by atoms with Crippen LogP contribution in [0.1, 0.15) is 35.7 Å². The van der Waals surface area contributed by atoms with Crippen molar-refractivity contribution in [2.45, 2.75) is 36.6 Å². The number of methoxy groups -OCH3 is 1. The number of carbonyl (C=O) groups is 1. The van der Waals surface area contributed by atoms with Gasteiger partial charge in [0.1, 0.15) is 17.1 Å². The van der Waals surface area contributed by atoms with Gasteiger partial charge in [-0.15, -0.1) is 10.2 Å². The molecular formula is C20H25N5O5S2. The zero-order chi connectivity index (χ0) is 23.5. The van der Waals surface area contributed by atoms with Crippen molar-refractivity contribution in [1.29, 1.82) is 0 Å². The molecule has 0 aliphatic rings. The van der Waals surface area contributed by atoms with Crippen molar-refractivity contribution >= 4 is 27.8 Å². The van der Waals surface area contributed by atoms with Crippen molar-refractivity contribution in [3.63, 3.8) is 0 Å². The fraction of sp³-hybridized carbons (Fsp3) is 0.350. The summed E-state index contributed by atoms with van der Waals surface area (Å²) in [6.45, 7) is 6.02. The summed E-state index contributed by atoms with van der Waals surface area (Å²) in [5.41, 5.74) is 0.895. The summed E-state index contributed by atoms with van der Waals surface area (Å²) < 4.78 is 38.7. The predicted molar refractivity (Wildman–Crippen MR) is 120 cm³/mol. The second-order valence-electron chi connectivity index (χ2n) is 6.76. The molecule has 0 amide bonds. The van der Waals surface area contributed by atoms with Crippen LogP contribution >= 0.6 is 11.8 Å². The first-order chi connectivity index (χ1) is 15.2. The minimum atomic E-state index is -3.62. The van der Waals surface area contributed by atoms with Gasteiger partial charge in [-0.05, 0) is 25.1 Å². The van der Waals surface area contributed by atoms with Crippen LogP contribution in [-0.4, -0.2) is 53.8 Å². The molecule has 172 valence electrons. The summed E-state index contributed by atoms with van der Waals surface area (Å²) in [5.74, 6) is 7.44. The molecule has 0 saturated carbocycles. The van der Waals surface area contributed by atoms with E-state index >= 15 is 0 Å². The number of nitrogen functional groups attached to an aromatic ring is 1. The van der Waals surface area contributed by atoms with Gasteiger partial charge in [-0.2, -0.15) is 4.31 Å². The van der Waals surface area contributed by atoms with Crippen LogP contribution in [-0.2, 0) is 20.5 Å². The van der Waals surface area contributed by atoms with Crippen molar-refractivity contribution in [2.24, 2.45) is 0 Å². The molecule has 0 atom stereocenters. The highest BCUT2D eigenvalue weighted by Crippen LogP contribution is 2.28. The fourth-order valence-electron chi connectivity index (χ4n) is 3.14. The molecule has 12 heteroatoms. The average Bonchev–Trinajstić information content (AvgIpc) is 3.34. The van der Waals surface area contributed by atoms with Gasteiger partial charge < -0.3 is 15.0 Å². The highest BCUT2D eigenvalue weighted by molar-refractivity contribution is 7.98. The van der Waals surface area contributed by atoms with E-state index in [9.17, 15) is 13.2 Å². The van der Waals surface area contributed by atoms with Crippen molar-refractivity contribution in [3.8, 4) is 11.4 Å². The second-order valence-corrected chi connectivity index (χ2v) is 9.64. The third-order valence-electron chi connectivity index (χ3n) is 4.82. The lowest BCUT2D eigenvalue weighted by atomic mass is 10.2. The topological polar surface area (TPSA) is 134 Å². The Morgan fingerprint density at radius 2 is 1.97 bits per heavy atom. The fourth-order valence-corrected chi connectivity index (χ4v) is 5.39. The zero-order valence-corrected chi connectivity index (χ0v) is 19.9. The van der Waals surface area contributed by atoms with Gasteiger partial charge in [-0.25, -0.2) is 17.9 Å². The van der Waals surface area contributed by atoms with E-state index in [0.29, 0.717) is 52.5 Å². The molecule has 0 aliphatic carbocycles. The molecule has 1 aromatic carbocycles. The van der Waals surface area contributed by atoms with Gasteiger partial charge in [0.2, 0.25) is 15.2 Å². The van der Waals surface area contributed by atoms with E-state index in [0.717, 1.165) is 0 Å². The number of benzene rings is 1. The van der Waals surface area contributed by atoms with Crippen LogP contribution in [0.4, 0.5) is 0 Å². The molecule has 2 aromatic heterocycles. The molecule has 0 saturated heterocycles. The van der Waals surface area contributed by atoms with E-state index in [-0.39, 0.29) is 4.90 Å². The number of furan rings is 1. The number of rotatable bonds is 9. The zero-order valence-electron chi connectivity index (χ0n) is 18.2. The smallest absolute Gasteiger partial charge is 0.341 e. The lowest BCUT2D eigenvalue weighted by molar-refractivity contribution is 0.0598. The minimum absolute atomic E-state index is 0.164. The number of ether oxygens (including phenoxy) is 1. The number of hydrogen-bond donors (Lipinski definition) is 1. The van der Waals surface area contributed by atoms with Gasteiger partial charge in [0.05, 0.1) is 17.8 Å². The Bertz CT molecular complexity index is 1210. The number of aryl methyl sites for hydroxylation is 1. The third-order valence-corrected chi connectivity index (χ3v) is 7.83. The van der Waals surface area contributed by atoms with E-state index in [1.54, 1.807) is 45.0 Å². The summed E-state index contributed by atoms with van der Waals surface area (Å²) in [6, 6.07) is 8.07. The molecule has 2 heterocycles. The summed E-state index contributed by atoms with van der Waals surface area (Å²) in [4.78, 5) is 11.9. The molecule has 0 spiro atoms. The first-order valence-electron chi connectivity index (χ1n) is 9.84. The van der Waals surface area contributed by atoms with E-state index in [4.69, 9.17) is 15.0 Å². The number of nitrogens with two attached hydrogens (primary N) is 1. The monoisotopic (exact) mass is 479 g/mol. The van der Waals surface area contributed by atoms with Crippen molar-refractivity contribution in [2.75, 3.05) is 26.0 Å². The summed E-state index contributed by atoms with van der Waals surface area (Å²) in [7, 11) is -2.31. The first kappa shape index (κ1) is 23.8. The Balaban J connectivity index is 1.82. The normalized spacial score (nSPS) is 11.8. The molecule has 32 heavy (non-hydrogen) atoms. The van der Waals surface area contributed by atoms with E-state index < -0.39 is 16.0 Å². The highest BCUT2D eigenvalue weighted by atomic mass is 32.2. The van der Waals surface area contributed by atoms with Crippen LogP contribution in [0.3, 0.4) is 0 Å². The molecule has 0 aliphatic heterocycles. The second kappa shape index (κ2) is 9.76. The Morgan fingerprint density at radius 1 is 1.25 bits per heavy atom. The average molecular weight is 480 g/mol. The highest BCUT2D eigenvalue weighted by Gasteiger charge is 2.23. The largest absolute Gasteiger partial charge is 0.465 e. The number of aromatic nitrogens is 3. The maximum Gasteiger partial charge on any atom is 0.341 e. The van der Waals surface area contributed by atoms with E-state index in [1.165, 1.54) is 33.9 Å². The molecular weight excluding hydrogens is 454 g/mol. The molecule has 3 rings (SSSR count). The van der Waals surface area contributed by atoms with Crippen molar-refractivity contribution < 1.29 is 22.4 Å². The maximum absolute atomic E-state index is 12.8. The van der Waals surface area contributed by atoms with Crippen LogP contribution in [0.5, 0.6) is 0 Å². The molecule has 2 N–H and O–H groups in total. The van der Waals surface area contributed by atoms with Gasteiger partial charge in [-0.3, -0.25) is 0 Å². The standard InChI is InChI=1S/C20H25N5O5S2/c1-5-24(6-2)32(27,28)16-9-7-8-14(10-16)18-22-23-20(25(18)21)31-12-15-11-17(13(3)30-15)19(26)29-4/h7-11H,5-6,12,21H2,1-4H3. The molecule has 10 nitrogen and oxygen atoms in total. The van der Waals surface area contributed by atoms with Gasteiger partial charge in [0, 0.05) is 18.7 Å². The first-order valence-corrected chi connectivity index (χ1v) is 12.3. The van der Waals surface area contributed by atoms with E-state index in [2.05, 4.69) is 10.2 Å². The van der Waals surface area contributed by atoms with Crippen LogP contribution in [0.25, 0.3) is 11.4 Å². The van der Waals surface area contributed by atoms with Crippen LogP contribution < -0.4 is 5.84 Å². The SMILES string of the molecule is CCN(CC)S(=O)(=O)c1cccc(-c2nnc(SCc3cc(C(=O)OC)c(C)o3)n2N)c1. The lowest BCUT2D eigenvalue weighted by Crippen LogP contribution is -2.30. The van der Waals surface area contributed by atoms with Gasteiger partial charge in [0.15, 0.2) is 5.82 Å². The summed E-state index contributed by atoms with van der Waals surface area (Å²) >= 11 is 1.27. The number of nitrogens with zero attached hydrogens (tertiary/aromatic N) is 4. The molecule has 0 unspecified atom stereocenters. The number of sulfonamides is 1. The number of esters is 1. The van der Waals surface area contributed by atoms with Gasteiger partial charge >= 0.3 is 5.97 Å². The number of thioether (sulfide) groups is 1. The molecule has 0 radical (unpaired) electrons. The molecule has 0 bridgehead atoms. The lowest BCUT2D eigenvalue weighted by Gasteiger charge is -2.18. The third kappa shape index (κ3) is 4.66. The quantitative estimate of drug-likeness (QED) is 0.279. The van der Waals surface area contributed by atoms with Crippen LogP contribution in [0.15, 0.2) is 44.8 Å². The van der Waals surface area contributed by atoms with Crippen molar-refractivity contribution in [3.05, 3.63) is 47.4 Å². The summed E-state index contributed by atoms with van der Waals surface area (Å²) in [5, 5.41) is 8.64. The molecule has 3 aromatic rings. The van der Waals surface area contributed by atoms with Crippen LogP contribution in [0, 0.1) is 6.92 Å². The van der Waals surface area contributed by atoms with E-state index in [1.807, 2.05) is 0 Å². The Morgan fingerprint density at radius 3 is 2.62 bits per heavy atom. The summed E-state index contributed by atoms with van der Waals surface area (Å²) in [6.07, 6.45) is 0. The predicted octanol–water partition coefficient (Wildman–Crippen LogP) is 2.67. The number of hydrogen-bond acceptors (Lipinski definition) is 9. The Hall–Kier alpha value is -2.83. The molecule has 0 fully saturated rings. The maximum atomic E-state index is 12.8. The Labute approximate surface area is 190 Å². The number of carbonyl (C=O) groups excluding carboxylic acids is 1. The van der Waals surface area contributed by atoms with Crippen LogP contribution in [0.2, 0.25) is 0 Å². The minimum Gasteiger partial charge on any atom is -0.465 e. The Kier molecular flexibility index (Phi) is 7.26. The van der Waals surface area contributed by atoms with Gasteiger partial charge in [0.25, 0.3) is 0 Å². The van der Waals surface area contributed by atoms with Crippen molar-refractivity contribution in [1.82, 2.24) is 19.2 Å². The van der Waals surface area contributed by atoms with Gasteiger partial charge in [-0.1, -0.05) is 37.7 Å².